The summed E-state index contributed by atoms with van der Waals surface area (Å²) < 4.78 is 0. The van der Waals surface area contributed by atoms with Crippen LogP contribution in [0.15, 0.2) is 0 Å². The van der Waals surface area contributed by atoms with Gasteiger partial charge < -0.3 is 10.0 Å². The van der Waals surface area contributed by atoms with E-state index < -0.39 is 5.41 Å². The second-order valence-corrected chi connectivity index (χ2v) is 5.26. The maximum absolute atomic E-state index is 11.8. The summed E-state index contributed by atoms with van der Waals surface area (Å²) in [6.07, 6.45) is 0. The van der Waals surface area contributed by atoms with Gasteiger partial charge in [-0.25, -0.2) is 0 Å². The van der Waals surface area contributed by atoms with E-state index in [1.165, 1.54) is 0 Å². The molecule has 1 heterocycles. The fourth-order valence-corrected chi connectivity index (χ4v) is 1.60. The molecule has 1 saturated heterocycles. The smallest absolute Gasteiger partial charge is 0.230 e. The van der Waals surface area contributed by atoms with E-state index in [0.717, 1.165) is 13.1 Å². The topological polar surface area (TPSA) is 40.5 Å². The Balaban J connectivity index is 2.44. The zero-order chi connectivity index (χ0) is 10.9. The monoisotopic (exact) mass is 199 g/mol. The summed E-state index contributed by atoms with van der Waals surface area (Å²) in [4.78, 5) is 13.7. The van der Waals surface area contributed by atoms with Crippen LogP contribution in [0.25, 0.3) is 0 Å². The number of hydrogen-bond acceptors (Lipinski definition) is 2. The first-order chi connectivity index (χ1) is 6.38. The van der Waals surface area contributed by atoms with Gasteiger partial charge in [-0.05, 0) is 25.7 Å². The van der Waals surface area contributed by atoms with E-state index in [2.05, 4.69) is 13.8 Å². The molecular formula is C11H21NO2. The lowest BCUT2D eigenvalue weighted by Gasteiger charge is -2.44. The first-order valence-corrected chi connectivity index (χ1v) is 5.28. The van der Waals surface area contributed by atoms with E-state index in [9.17, 15) is 4.79 Å². The van der Waals surface area contributed by atoms with Crippen molar-refractivity contribution in [1.29, 1.82) is 0 Å². The third kappa shape index (κ3) is 2.08. The van der Waals surface area contributed by atoms with Crippen LogP contribution in [-0.4, -0.2) is 35.6 Å². The molecule has 14 heavy (non-hydrogen) atoms. The molecule has 1 aliphatic heterocycles. The standard InChI is InChI=1S/C11H21NO2/c1-8(2)9-5-12(6-9)10(14)11(3,4)7-13/h8-9,13H,5-7H2,1-4H3. The Hall–Kier alpha value is -0.570. The molecule has 0 unspecified atom stereocenters. The second-order valence-electron chi connectivity index (χ2n) is 5.26. The van der Waals surface area contributed by atoms with E-state index in [1.54, 1.807) is 13.8 Å². The van der Waals surface area contributed by atoms with Gasteiger partial charge in [0.15, 0.2) is 0 Å². The minimum atomic E-state index is -0.609. The average molecular weight is 199 g/mol. The highest BCUT2D eigenvalue weighted by Crippen LogP contribution is 2.28. The lowest BCUT2D eigenvalue weighted by atomic mass is 9.84. The Morgan fingerprint density at radius 2 is 2.00 bits per heavy atom. The van der Waals surface area contributed by atoms with Gasteiger partial charge in [0.05, 0.1) is 12.0 Å². The van der Waals surface area contributed by atoms with Gasteiger partial charge in [0.1, 0.15) is 0 Å². The fraction of sp³-hybridized carbons (Fsp3) is 0.909. The summed E-state index contributed by atoms with van der Waals surface area (Å²) in [6.45, 7) is 9.60. The molecule has 0 aromatic heterocycles. The minimum Gasteiger partial charge on any atom is -0.395 e. The van der Waals surface area contributed by atoms with E-state index in [-0.39, 0.29) is 12.5 Å². The van der Waals surface area contributed by atoms with Crippen molar-refractivity contribution in [1.82, 2.24) is 4.90 Å². The van der Waals surface area contributed by atoms with Crippen molar-refractivity contribution in [3.8, 4) is 0 Å². The molecule has 0 aromatic carbocycles. The number of rotatable bonds is 3. The number of hydrogen-bond donors (Lipinski definition) is 1. The maximum Gasteiger partial charge on any atom is 0.230 e. The molecule has 3 nitrogen and oxygen atoms in total. The first kappa shape index (κ1) is 11.5. The molecule has 1 N–H and O–H groups in total. The van der Waals surface area contributed by atoms with E-state index in [4.69, 9.17) is 5.11 Å². The summed E-state index contributed by atoms with van der Waals surface area (Å²) in [6, 6.07) is 0. The number of carbonyl (C=O) groups is 1. The van der Waals surface area contributed by atoms with Crippen molar-refractivity contribution in [2.75, 3.05) is 19.7 Å². The van der Waals surface area contributed by atoms with Crippen LogP contribution >= 0.6 is 0 Å². The molecule has 1 rings (SSSR count). The highest BCUT2D eigenvalue weighted by molar-refractivity contribution is 5.82. The molecule has 82 valence electrons. The van der Waals surface area contributed by atoms with E-state index >= 15 is 0 Å². The third-order valence-electron chi connectivity index (χ3n) is 3.11. The molecule has 0 atom stereocenters. The van der Waals surface area contributed by atoms with Gasteiger partial charge >= 0.3 is 0 Å². The molecule has 0 spiro atoms. The van der Waals surface area contributed by atoms with Crippen LogP contribution in [0.4, 0.5) is 0 Å². The number of aliphatic hydroxyl groups excluding tert-OH is 1. The van der Waals surface area contributed by atoms with Gasteiger partial charge in [-0.2, -0.15) is 0 Å². The normalized spacial score (nSPS) is 18.6. The molecule has 1 fully saturated rings. The molecule has 1 aliphatic rings. The summed E-state index contributed by atoms with van der Waals surface area (Å²) in [5, 5.41) is 9.06. The summed E-state index contributed by atoms with van der Waals surface area (Å²) in [5.41, 5.74) is -0.609. The van der Waals surface area contributed by atoms with Gasteiger partial charge in [-0.1, -0.05) is 13.8 Å². The van der Waals surface area contributed by atoms with Crippen LogP contribution in [0, 0.1) is 17.3 Å². The predicted octanol–water partition coefficient (Wildman–Crippen LogP) is 1.12. The molecule has 0 bridgehead atoms. The average Bonchev–Trinajstić information content (AvgIpc) is 2.00. The number of likely N-dealkylation sites (tertiary alicyclic amines) is 1. The Morgan fingerprint density at radius 3 is 2.36 bits per heavy atom. The highest BCUT2D eigenvalue weighted by Gasteiger charge is 2.39. The molecule has 0 aromatic rings. The number of carbonyl (C=O) groups excluding carboxylic acids is 1. The lowest BCUT2D eigenvalue weighted by molar-refractivity contribution is -0.150. The van der Waals surface area contributed by atoms with Crippen LogP contribution in [0.3, 0.4) is 0 Å². The van der Waals surface area contributed by atoms with Crippen LogP contribution in [0.5, 0.6) is 0 Å². The van der Waals surface area contributed by atoms with Crippen LogP contribution in [0.1, 0.15) is 27.7 Å². The number of nitrogens with zero attached hydrogens (tertiary/aromatic N) is 1. The van der Waals surface area contributed by atoms with Crippen molar-refractivity contribution in [3.05, 3.63) is 0 Å². The SMILES string of the molecule is CC(C)C1CN(C(=O)C(C)(C)CO)C1. The van der Waals surface area contributed by atoms with E-state index in [0.29, 0.717) is 11.8 Å². The van der Waals surface area contributed by atoms with Gasteiger partial charge in [0, 0.05) is 13.1 Å². The summed E-state index contributed by atoms with van der Waals surface area (Å²) in [7, 11) is 0. The predicted molar refractivity (Wildman–Crippen MR) is 55.8 cm³/mol. The second kappa shape index (κ2) is 3.89. The Kier molecular flexibility index (Phi) is 3.20. The summed E-state index contributed by atoms with van der Waals surface area (Å²) >= 11 is 0. The zero-order valence-corrected chi connectivity index (χ0v) is 9.58. The van der Waals surface area contributed by atoms with Crippen molar-refractivity contribution in [3.63, 3.8) is 0 Å². The van der Waals surface area contributed by atoms with Crippen LogP contribution < -0.4 is 0 Å². The van der Waals surface area contributed by atoms with Gasteiger partial charge in [-0.15, -0.1) is 0 Å². The molecule has 3 heteroatoms. The van der Waals surface area contributed by atoms with Crippen molar-refractivity contribution < 1.29 is 9.90 Å². The molecule has 0 aliphatic carbocycles. The highest BCUT2D eigenvalue weighted by atomic mass is 16.3. The van der Waals surface area contributed by atoms with Crippen LogP contribution in [0.2, 0.25) is 0 Å². The van der Waals surface area contributed by atoms with Crippen LogP contribution in [-0.2, 0) is 4.79 Å². The minimum absolute atomic E-state index is 0.0747. The Bertz CT molecular complexity index is 217. The number of amides is 1. The van der Waals surface area contributed by atoms with Crippen molar-refractivity contribution in [2.45, 2.75) is 27.7 Å². The summed E-state index contributed by atoms with van der Waals surface area (Å²) in [5.74, 6) is 1.38. The first-order valence-electron chi connectivity index (χ1n) is 5.28. The van der Waals surface area contributed by atoms with Crippen molar-refractivity contribution >= 4 is 5.91 Å². The number of aliphatic hydroxyl groups is 1. The largest absolute Gasteiger partial charge is 0.395 e. The molecule has 1 amide bonds. The maximum atomic E-state index is 11.8. The fourth-order valence-electron chi connectivity index (χ4n) is 1.60. The molecule has 0 saturated carbocycles. The van der Waals surface area contributed by atoms with E-state index in [1.807, 2.05) is 4.90 Å². The lowest BCUT2D eigenvalue weighted by Crippen LogP contribution is -2.56. The zero-order valence-electron chi connectivity index (χ0n) is 9.58. The quantitative estimate of drug-likeness (QED) is 0.740. The molecular weight excluding hydrogens is 178 g/mol. The van der Waals surface area contributed by atoms with Gasteiger partial charge in [-0.3, -0.25) is 4.79 Å². The Morgan fingerprint density at radius 1 is 1.50 bits per heavy atom. The van der Waals surface area contributed by atoms with Gasteiger partial charge in [0.2, 0.25) is 5.91 Å². The van der Waals surface area contributed by atoms with Gasteiger partial charge in [0.25, 0.3) is 0 Å². The molecule has 0 radical (unpaired) electrons. The van der Waals surface area contributed by atoms with Crippen molar-refractivity contribution in [2.24, 2.45) is 17.3 Å². The Labute approximate surface area is 86.1 Å². The third-order valence-corrected chi connectivity index (χ3v) is 3.11.